The largest absolute Gasteiger partial charge is 0.384 e. The van der Waals surface area contributed by atoms with Crippen LogP contribution in [0.2, 0.25) is 5.02 Å². The van der Waals surface area contributed by atoms with Crippen molar-refractivity contribution in [2.75, 3.05) is 11.1 Å². The standard InChI is InChI=1S/C13H12ClFN4/c14-9-5-8(15)3-4-10(9)17-12-6-11(16)18-13(19-12)7-1-2-7/h3-7H,1-2H2,(H3,16,17,18,19). The molecule has 1 saturated carbocycles. The van der Waals surface area contributed by atoms with Crippen LogP contribution in [0.25, 0.3) is 0 Å². The van der Waals surface area contributed by atoms with Gasteiger partial charge in [-0.25, -0.2) is 14.4 Å². The maximum absolute atomic E-state index is 13.0. The monoisotopic (exact) mass is 278 g/mol. The highest BCUT2D eigenvalue weighted by Crippen LogP contribution is 2.39. The van der Waals surface area contributed by atoms with Crippen LogP contribution in [-0.4, -0.2) is 9.97 Å². The molecule has 98 valence electrons. The summed E-state index contributed by atoms with van der Waals surface area (Å²) in [7, 11) is 0. The minimum absolute atomic E-state index is 0.296. The molecule has 1 fully saturated rings. The molecule has 0 unspecified atom stereocenters. The first-order chi connectivity index (χ1) is 9.11. The van der Waals surface area contributed by atoms with E-state index >= 15 is 0 Å². The Kier molecular flexibility index (Phi) is 2.98. The van der Waals surface area contributed by atoms with Gasteiger partial charge >= 0.3 is 0 Å². The molecule has 1 aliphatic carbocycles. The van der Waals surface area contributed by atoms with Crippen molar-refractivity contribution in [1.82, 2.24) is 9.97 Å². The summed E-state index contributed by atoms with van der Waals surface area (Å²) in [4.78, 5) is 8.61. The third kappa shape index (κ3) is 2.76. The molecule has 0 bridgehead atoms. The van der Waals surface area contributed by atoms with Crippen molar-refractivity contribution in [3.63, 3.8) is 0 Å². The molecule has 2 aromatic rings. The molecule has 0 atom stereocenters. The third-order valence-electron chi connectivity index (χ3n) is 2.90. The van der Waals surface area contributed by atoms with E-state index in [0.717, 1.165) is 18.7 Å². The van der Waals surface area contributed by atoms with Gasteiger partial charge in [-0.3, -0.25) is 0 Å². The number of nitrogens with zero attached hydrogens (tertiary/aromatic N) is 2. The Morgan fingerprint density at radius 1 is 1.26 bits per heavy atom. The van der Waals surface area contributed by atoms with Crippen LogP contribution in [0, 0.1) is 5.82 Å². The number of halogens is 2. The van der Waals surface area contributed by atoms with Gasteiger partial charge in [0, 0.05) is 12.0 Å². The zero-order chi connectivity index (χ0) is 13.4. The van der Waals surface area contributed by atoms with E-state index in [1.54, 1.807) is 12.1 Å². The van der Waals surface area contributed by atoms with Crippen LogP contribution in [0.1, 0.15) is 24.6 Å². The van der Waals surface area contributed by atoms with E-state index in [-0.39, 0.29) is 5.82 Å². The maximum atomic E-state index is 13.0. The number of hydrogen-bond acceptors (Lipinski definition) is 4. The van der Waals surface area contributed by atoms with Crippen LogP contribution >= 0.6 is 11.6 Å². The molecular weight excluding hydrogens is 267 g/mol. The average Bonchev–Trinajstić information content (AvgIpc) is 3.16. The summed E-state index contributed by atoms with van der Waals surface area (Å²) in [6.07, 6.45) is 2.19. The Labute approximate surface area is 114 Å². The molecule has 0 amide bonds. The SMILES string of the molecule is Nc1cc(Nc2ccc(F)cc2Cl)nc(C2CC2)n1. The number of nitrogen functional groups attached to an aromatic ring is 1. The summed E-state index contributed by atoms with van der Waals surface area (Å²) >= 11 is 5.96. The highest BCUT2D eigenvalue weighted by atomic mass is 35.5. The average molecular weight is 279 g/mol. The van der Waals surface area contributed by atoms with Gasteiger partial charge < -0.3 is 11.1 Å². The fourth-order valence-corrected chi connectivity index (χ4v) is 2.02. The van der Waals surface area contributed by atoms with E-state index in [1.165, 1.54) is 12.1 Å². The highest BCUT2D eigenvalue weighted by molar-refractivity contribution is 6.33. The summed E-state index contributed by atoms with van der Waals surface area (Å²) in [5.41, 5.74) is 6.34. The molecule has 6 heteroatoms. The van der Waals surface area contributed by atoms with Crippen molar-refractivity contribution in [3.8, 4) is 0 Å². The molecular formula is C13H12ClFN4. The van der Waals surface area contributed by atoms with Crippen molar-refractivity contribution in [3.05, 3.63) is 40.9 Å². The van der Waals surface area contributed by atoms with E-state index in [1.807, 2.05) is 0 Å². The number of aromatic nitrogens is 2. The summed E-state index contributed by atoms with van der Waals surface area (Å²) in [5.74, 6) is 1.77. The van der Waals surface area contributed by atoms with Crippen molar-refractivity contribution in [2.24, 2.45) is 0 Å². The Bertz CT molecular complexity index is 628. The molecule has 0 radical (unpaired) electrons. The van der Waals surface area contributed by atoms with Crippen molar-refractivity contribution in [2.45, 2.75) is 18.8 Å². The minimum Gasteiger partial charge on any atom is -0.384 e. The van der Waals surface area contributed by atoms with Crippen molar-refractivity contribution < 1.29 is 4.39 Å². The number of nitrogens with one attached hydrogen (secondary N) is 1. The van der Waals surface area contributed by atoms with Gasteiger partial charge in [-0.2, -0.15) is 0 Å². The van der Waals surface area contributed by atoms with Gasteiger partial charge in [-0.1, -0.05) is 11.6 Å². The van der Waals surface area contributed by atoms with Crippen LogP contribution in [0.3, 0.4) is 0 Å². The predicted molar refractivity (Wildman–Crippen MR) is 73.1 cm³/mol. The van der Waals surface area contributed by atoms with Crippen LogP contribution < -0.4 is 11.1 Å². The molecule has 1 aromatic heterocycles. The summed E-state index contributed by atoms with van der Waals surface area (Å²) in [6, 6.07) is 5.77. The summed E-state index contributed by atoms with van der Waals surface area (Å²) in [5, 5.41) is 3.33. The minimum atomic E-state index is -0.378. The Morgan fingerprint density at radius 3 is 2.74 bits per heavy atom. The molecule has 4 nitrogen and oxygen atoms in total. The molecule has 1 aliphatic rings. The fraction of sp³-hybridized carbons (Fsp3) is 0.231. The zero-order valence-corrected chi connectivity index (χ0v) is 10.8. The smallest absolute Gasteiger partial charge is 0.136 e. The second-order valence-electron chi connectivity index (χ2n) is 4.56. The zero-order valence-electron chi connectivity index (χ0n) is 10.0. The number of anilines is 3. The van der Waals surface area contributed by atoms with Gasteiger partial charge in [0.2, 0.25) is 0 Å². The maximum Gasteiger partial charge on any atom is 0.136 e. The number of hydrogen-bond donors (Lipinski definition) is 2. The van der Waals surface area contributed by atoms with Gasteiger partial charge in [0.15, 0.2) is 0 Å². The number of benzene rings is 1. The summed E-state index contributed by atoms with van der Waals surface area (Å²) in [6.45, 7) is 0. The highest BCUT2D eigenvalue weighted by Gasteiger charge is 2.27. The third-order valence-corrected chi connectivity index (χ3v) is 3.21. The number of rotatable bonds is 3. The molecule has 1 heterocycles. The lowest BCUT2D eigenvalue weighted by Gasteiger charge is -2.09. The van der Waals surface area contributed by atoms with E-state index in [0.29, 0.717) is 28.3 Å². The first-order valence-electron chi connectivity index (χ1n) is 5.98. The van der Waals surface area contributed by atoms with Crippen LogP contribution in [0.5, 0.6) is 0 Å². The Balaban J connectivity index is 1.89. The van der Waals surface area contributed by atoms with Gasteiger partial charge in [0.05, 0.1) is 10.7 Å². The second-order valence-corrected chi connectivity index (χ2v) is 4.97. The molecule has 0 aliphatic heterocycles. The van der Waals surface area contributed by atoms with Crippen LogP contribution in [-0.2, 0) is 0 Å². The summed E-state index contributed by atoms with van der Waals surface area (Å²) < 4.78 is 13.0. The van der Waals surface area contributed by atoms with E-state index in [4.69, 9.17) is 17.3 Å². The van der Waals surface area contributed by atoms with Gasteiger partial charge in [0.25, 0.3) is 0 Å². The van der Waals surface area contributed by atoms with Crippen LogP contribution in [0.15, 0.2) is 24.3 Å². The first kappa shape index (κ1) is 12.2. The van der Waals surface area contributed by atoms with E-state index < -0.39 is 0 Å². The van der Waals surface area contributed by atoms with Crippen molar-refractivity contribution in [1.29, 1.82) is 0 Å². The quantitative estimate of drug-likeness (QED) is 0.902. The predicted octanol–water partition coefficient (Wildman–Crippen LogP) is 3.47. The Hall–Kier alpha value is -1.88. The molecule has 3 rings (SSSR count). The number of nitrogens with two attached hydrogens (primary N) is 1. The lowest BCUT2D eigenvalue weighted by atomic mass is 10.3. The van der Waals surface area contributed by atoms with E-state index in [2.05, 4.69) is 15.3 Å². The molecule has 0 spiro atoms. The van der Waals surface area contributed by atoms with Gasteiger partial charge in [0.1, 0.15) is 23.3 Å². The van der Waals surface area contributed by atoms with E-state index in [9.17, 15) is 4.39 Å². The van der Waals surface area contributed by atoms with Crippen LogP contribution in [0.4, 0.5) is 21.7 Å². The second kappa shape index (κ2) is 4.66. The normalized spacial score (nSPS) is 14.4. The lowest BCUT2D eigenvalue weighted by Crippen LogP contribution is -2.03. The lowest BCUT2D eigenvalue weighted by molar-refractivity contribution is 0.628. The molecule has 3 N–H and O–H groups in total. The Morgan fingerprint density at radius 2 is 2.05 bits per heavy atom. The molecule has 19 heavy (non-hydrogen) atoms. The molecule has 1 aromatic carbocycles. The topological polar surface area (TPSA) is 63.8 Å². The van der Waals surface area contributed by atoms with Gasteiger partial charge in [-0.05, 0) is 31.0 Å². The van der Waals surface area contributed by atoms with Gasteiger partial charge in [-0.15, -0.1) is 0 Å². The van der Waals surface area contributed by atoms with Crippen molar-refractivity contribution >= 4 is 28.9 Å². The molecule has 0 saturated heterocycles. The first-order valence-corrected chi connectivity index (χ1v) is 6.36. The fourth-order valence-electron chi connectivity index (χ4n) is 1.80.